The lowest BCUT2D eigenvalue weighted by molar-refractivity contribution is 0.0595. The molecule has 0 amide bonds. The maximum Gasteiger partial charge on any atom is 0.339 e. The molecule has 2 N–H and O–H groups in total. The molecule has 0 spiro atoms. The number of methoxy groups -OCH3 is 2. The second-order valence-corrected chi connectivity index (χ2v) is 10.8. The summed E-state index contributed by atoms with van der Waals surface area (Å²) in [6.07, 6.45) is 10.4. The topological polar surface area (TPSA) is 95.7 Å². The lowest BCUT2D eigenvalue weighted by Crippen LogP contribution is -2.17. The molecular formula is C29H39NO5S. The van der Waals surface area contributed by atoms with Gasteiger partial charge in [0.2, 0.25) is 9.84 Å². The third-order valence-corrected chi connectivity index (χ3v) is 8.33. The van der Waals surface area contributed by atoms with Crippen LogP contribution < -0.4 is 10.5 Å². The second kappa shape index (κ2) is 13.9. The summed E-state index contributed by atoms with van der Waals surface area (Å²) >= 11 is 0. The largest absolute Gasteiger partial charge is 0.497 e. The van der Waals surface area contributed by atoms with Gasteiger partial charge in [-0.15, -0.1) is 0 Å². The molecule has 0 atom stereocenters. The molecule has 0 aliphatic heterocycles. The molecule has 2 aromatic rings. The minimum atomic E-state index is -4.07. The number of nitrogen functional groups attached to an aromatic ring is 1. The van der Waals surface area contributed by atoms with Crippen LogP contribution in [0.5, 0.6) is 5.75 Å². The van der Waals surface area contributed by atoms with Crippen LogP contribution in [0.15, 0.2) is 34.1 Å². The summed E-state index contributed by atoms with van der Waals surface area (Å²) in [5.74, 6) is 6.05. The molecule has 0 fully saturated rings. The van der Waals surface area contributed by atoms with Gasteiger partial charge >= 0.3 is 5.97 Å². The van der Waals surface area contributed by atoms with E-state index in [4.69, 9.17) is 15.2 Å². The van der Waals surface area contributed by atoms with Gasteiger partial charge < -0.3 is 15.2 Å². The molecule has 0 saturated carbocycles. The van der Waals surface area contributed by atoms with E-state index in [9.17, 15) is 13.2 Å². The summed E-state index contributed by atoms with van der Waals surface area (Å²) in [6.45, 7) is 5.48. The van der Waals surface area contributed by atoms with Crippen LogP contribution in [0.25, 0.3) is 0 Å². The number of unbranched alkanes of at least 4 members (excludes halogenated alkanes) is 8. The van der Waals surface area contributed by atoms with E-state index in [-0.39, 0.29) is 26.6 Å². The molecule has 36 heavy (non-hydrogen) atoms. The van der Waals surface area contributed by atoms with Crippen molar-refractivity contribution in [2.75, 3.05) is 20.0 Å². The van der Waals surface area contributed by atoms with Gasteiger partial charge in [-0.1, -0.05) is 63.7 Å². The number of sulfone groups is 1. The Morgan fingerprint density at radius 2 is 1.50 bits per heavy atom. The number of carbonyl (C=O) groups excluding carboxylic acids is 1. The number of hydrogen-bond acceptors (Lipinski definition) is 6. The molecule has 6 nitrogen and oxygen atoms in total. The van der Waals surface area contributed by atoms with Gasteiger partial charge in [0.15, 0.2) is 0 Å². The first-order valence-corrected chi connectivity index (χ1v) is 14.1. The van der Waals surface area contributed by atoms with Crippen LogP contribution in [-0.2, 0) is 14.6 Å². The quantitative estimate of drug-likeness (QED) is 0.153. The van der Waals surface area contributed by atoms with Gasteiger partial charge in [-0.2, -0.15) is 0 Å². The van der Waals surface area contributed by atoms with Crippen molar-refractivity contribution < 1.29 is 22.7 Å². The number of ether oxygens (including phenoxy) is 2. The highest BCUT2D eigenvalue weighted by atomic mass is 32.2. The van der Waals surface area contributed by atoms with Crippen LogP contribution in [0, 0.1) is 25.7 Å². The summed E-state index contributed by atoms with van der Waals surface area (Å²) in [7, 11) is -1.34. The fraction of sp³-hybridized carbons (Fsp3) is 0.483. The third kappa shape index (κ3) is 7.04. The van der Waals surface area contributed by atoms with Crippen LogP contribution in [0.2, 0.25) is 0 Å². The van der Waals surface area contributed by atoms with Crippen molar-refractivity contribution in [3.8, 4) is 17.6 Å². The highest BCUT2D eigenvalue weighted by Gasteiger charge is 2.32. The van der Waals surface area contributed by atoms with Gasteiger partial charge in [-0.05, 0) is 55.7 Å². The minimum Gasteiger partial charge on any atom is -0.497 e. The van der Waals surface area contributed by atoms with Crippen LogP contribution in [-0.4, -0.2) is 28.6 Å². The Kier molecular flexibility index (Phi) is 11.3. The Balaban J connectivity index is 2.35. The van der Waals surface area contributed by atoms with Gasteiger partial charge in [0.1, 0.15) is 5.75 Å². The molecule has 2 aromatic carbocycles. The predicted molar refractivity (Wildman–Crippen MR) is 144 cm³/mol. The number of rotatable bonds is 12. The number of esters is 1. The van der Waals surface area contributed by atoms with Crippen molar-refractivity contribution in [3.63, 3.8) is 0 Å². The zero-order valence-electron chi connectivity index (χ0n) is 22.2. The zero-order valence-corrected chi connectivity index (χ0v) is 23.0. The minimum absolute atomic E-state index is 0.0311. The van der Waals surface area contributed by atoms with Crippen molar-refractivity contribution in [1.82, 2.24) is 0 Å². The average molecular weight is 514 g/mol. The van der Waals surface area contributed by atoms with E-state index in [1.165, 1.54) is 64.9 Å². The SMILES string of the molecule is CCCCCCCCCCC#Cc1c(C)c(C(=O)OC)c(S(=O)(=O)c2ccc(OC)cc2)c(C)c1N. The highest BCUT2D eigenvalue weighted by molar-refractivity contribution is 7.91. The van der Waals surface area contributed by atoms with Crippen molar-refractivity contribution >= 4 is 21.5 Å². The number of carbonyl (C=O) groups is 1. The monoisotopic (exact) mass is 513 g/mol. The lowest BCUT2D eigenvalue weighted by atomic mass is 9.96. The Morgan fingerprint density at radius 3 is 2.06 bits per heavy atom. The Morgan fingerprint density at radius 1 is 0.917 bits per heavy atom. The molecule has 0 heterocycles. The summed E-state index contributed by atoms with van der Waals surface area (Å²) in [5.41, 5.74) is 7.79. The van der Waals surface area contributed by atoms with E-state index in [2.05, 4.69) is 18.8 Å². The fourth-order valence-corrected chi connectivity index (χ4v) is 5.96. The number of benzene rings is 2. The molecule has 0 unspecified atom stereocenters. The molecule has 196 valence electrons. The standard InChI is InChI=1S/C29H39NO5S/c1-6-7-8-9-10-11-12-13-14-15-16-25-21(2)26(29(31)35-5)28(22(3)27(25)30)36(32,33)24-19-17-23(34-4)18-20-24/h17-20H,6-14,30H2,1-5H3. The first kappa shape index (κ1) is 29.3. The smallest absolute Gasteiger partial charge is 0.339 e. The van der Waals surface area contributed by atoms with E-state index >= 15 is 0 Å². The van der Waals surface area contributed by atoms with Gasteiger partial charge in [-0.25, -0.2) is 13.2 Å². The highest BCUT2D eigenvalue weighted by Crippen LogP contribution is 2.36. The van der Waals surface area contributed by atoms with Crippen LogP contribution in [0.3, 0.4) is 0 Å². The van der Waals surface area contributed by atoms with Crippen LogP contribution >= 0.6 is 0 Å². The molecule has 7 heteroatoms. The molecule has 0 aliphatic carbocycles. The van der Waals surface area contributed by atoms with E-state index < -0.39 is 15.8 Å². The maximum absolute atomic E-state index is 13.6. The first-order valence-electron chi connectivity index (χ1n) is 12.6. The fourth-order valence-electron chi connectivity index (χ4n) is 4.21. The van der Waals surface area contributed by atoms with Gasteiger partial charge in [-0.3, -0.25) is 0 Å². The summed E-state index contributed by atoms with van der Waals surface area (Å²) in [4.78, 5) is 12.7. The van der Waals surface area contributed by atoms with Crippen LogP contribution in [0.4, 0.5) is 5.69 Å². The molecule has 0 radical (unpaired) electrons. The van der Waals surface area contributed by atoms with E-state index in [0.29, 0.717) is 23.3 Å². The third-order valence-electron chi connectivity index (χ3n) is 6.39. The Bertz CT molecular complexity index is 1210. The van der Waals surface area contributed by atoms with E-state index in [1.54, 1.807) is 26.0 Å². The average Bonchev–Trinajstić information content (AvgIpc) is 2.88. The maximum atomic E-state index is 13.6. The van der Waals surface area contributed by atoms with Gasteiger partial charge in [0.25, 0.3) is 0 Å². The molecular weight excluding hydrogens is 474 g/mol. The van der Waals surface area contributed by atoms with Gasteiger partial charge in [0.05, 0.1) is 40.8 Å². The molecule has 0 aromatic heterocycles. The van der Waals surface area contributed by atoms with Crippen molar-refractivity contribution in [3.05, 3.63) is 46.5 Å². The lowest BCUT2D eigenvalue weighted by Gasteiger charge is -2.19. The van der Waals surface area contributed by atoms with Crippen LogP contribution in [0.1, 0.15) is 91.8 Å². The second-order valence-electron chi connectivity index (χ2n) is 8.94. The van der Waals surface area contributed by atoms with Crippen molar-refractivity contribution in [2.24, 2.45) is 0 Å². The Hall–Kier alpha value is -2.98. The van der Waals surface area contributed by atoms with E-state index in [1.807, 2.05) is 0 Å². The summed E-state index contributed by atoms with van der Waals surface area (Å²) in [6, 6.07) is 6.00. The first-order chi connectivity index (χ1) is 17.2. The predicted octanol–water partition coefficient (Wildman–Crippen LogP) is 6.40. The number of nitrogens with two attached hydrogens (primary N) is 1. The van der Waals surface area contributed by atoms with E-state index in [0.717, 1.165) is 12.8 Å². The zero-order chi connectivity index (χ0) is 26.7. The Labute approximate surface area is 216 Å². The molecule has 2 rings (SSSR count). The van der Waals surface area contributed by atoms with Crippen molar-refractivity contribution in [2.45, 2.75) is 88.3 Å². The number of anilines is 1. The number of hydrogen-bond donors (Lipinski definition) is 1. The molecule has 0 saturated heterocycles. The summed E-state index contributed by atoms with van der Waals surface area (Å²) < 4.78 is 37.3. The van der Waals surface area contributed by atoms with Gasteiger partial charge in [0, 0.05) is 6.42 Å². The van der Waals surface area contributed by atoms with Crippen molar-refractivity contribution in [1.29, 1.82) is 0 Å². The molecule has 0 aliphatic rings. The molecule has 0 bridgehead atoms. The normalized spacial score (nSPS) is 11.0. The summed E-state index contributed by atoms with van der Waals surface area (Å²) in [5, 5.41) is 0.